The fourth-order valence-corrected chi connectivity index (χ4v) is 2.75. The largest absolute Gasteiger partial charge is 0.342 e. The van der Waals surface area contributed by atoms with Crippen molar-refractivity contribution in [2.24, 2.45) is 0 Å². The molecule has 0 aliphatic carbocycles. The predicted octanol–water partition coefficient (Wildman–Crippen LogP) is 4.39. The molecule has 5 heteroatoms. The average Bonchev–Trinajstić information content (AvgIpc) is 2.68. The van der Waals surface area contributed by atoms with Crippen LogP contribution in [0.2, 0.25) is 4.34 Å². The van der Waals surface area contributed by atoms with E-state index in [1.165, 1.54) is 0 Å². The summed E-state index contributed by atoms with van der Waals surface area (Å²) in [5, 5.41) is 0. The van der Waals surface area contributed by atoms with Crippen LogP contribution in [0.15, 0.2) is 12.1 Å². The summed E-state index contributed by atoms with van der Waals surface area (Å²) in [6.07, 6.45) is 0.843. The Morgan fingerprint density at radius 2 is 2.25 bits per heavy atom. The Morgan fingerprint density at radius 3 is 2.81 bits per heavy atom. The summed E-state index contributed by atoms with van der Waals surface area (Å²) in [7, 11) is 0. The van der Waals surface area contributed by atoms with E-state index in [1.807, 2.05) is 26.0 Å². The van der Waals surface area contributed by atoms with Crippen molar-refractivity contribution in [1.29, 1.82) is 0 Å². The van der Waals surface area contributed by atoms with Gasteiger partial charge < -0.3 is 4.98 Å². The lowest BCUT2D eigenvalue weighted by atomic mass is 10.2. The second kappa shape index (κ2) is 4.65. The second-order valence-electron chi connectivity index (χ2n) is 3.45. The van der Waals surface area contributed by atoms with Gasteiger partial charge in [-0.3, -0.25) is 0 Å². The number of aromatic amines is 1. The number of nitrogens with zero attached hydrogens (tertiary/aromatic N) is 1. The highest BCUT2D eigenvalue weighted by molar-refractivity contribution is 7.71. The summed E-state index contributed by atoms with van der Waals surface area (Å²) < 4.78 is 1.44. The van der Waals surface area contributed by atoms with Gasteiger partial charge in [-0.25, -0.2) is 4.98 Å². The maximum atomic E-state index is 5.94. The normalized spacial score (nSPS) is 10.7. The average molecular weight is 271 g/mol. The predicted molar refractivity (Wildman–Crippen MR) is 71.9 cm³/mol. The van der Waals surface area contributed by atoms with E-state index in [0.717, 1.165) is 32.7 Å². The molecule has 0 aliphatic heterocycles. The van der Waals surface area contributed by atoms with Crippen LogP contribution in [0, 0.1) is 11.6 Å². The van der Waals surface area contributed by atoms with E-state index in [1.54, 1.807) is 11.3 Å². The van der Waals surface area contributed by atoms with Crippen molar-refractivity contribution in [2.45, 2.75) is 20.3 Å². The van der Waals surface area contributed by atoms with Gasteiger partial charge in [0.15, 0.2) is 0 Å². The zero-order chi connectivity index (χ0) is 11.7. The van der Waals surface area contributed by atoms with Crippen molar-refractivity contribution in [3.63, 3.8) is 0 Å². The van der Waals surface area contributed by atoms with Gasteiger partial charge in [-0.2, -0.15) is 0 Å². The summed E-state index contributed by atoms with van der Waals surface area (Å²) in [5.41, 5.74) is 2.04. The van der Waals surface area contributed by atoms with Crippen molar-refractivity contribution in [3.8, 4) is 10.6 Å². The number of aromatic nitrogens is 2. The van der Waals surface area contributed by atoms with Gasteiger partial charge in [-0.15, -0.1) is 11.3 Å². The molecule has 2 aromatic rings. The maximum Gasteiger partial charge on any atom is 0.133 e. The smallest absolute Gasteiger partial charge is 0.133 e. The van der Waals surface area contributed by atoms with Gasteiger partial charge in [0.2, 0.25) is 0 Å². The number of thiophene rings is 1. The minimum absolute atomic E-state index is 0.662. The lowest BCUT2D eigenvalue weighted by Crippen LogP contribution is -1.98. The standard InChI is InChI=1S/C11H11ClN2S2/c1-3-9-13-10(6(2)11(15)14-9)7-4-5-8(12)16-7/h4-5H,3H2,1-2H3,(H,13,14,15). The van der Waals surface area contributed by atoms with Crippen molar-refractivity contribution in [3.05, 3.63) is 32.5 Å². The van der Waals surface area contributed by atoms with Crippen LogP contribution in [0.3, 0.4) is 0 Å². The molecule has 1 N–H and O–H groups in total. The highest BCUT2D eigenvalue weighted by atomic mass is 35.5. The molecular weight excluding hydrogens is 260 g/mol. The Hall–Kier alpha value is -0.710. The summed E-state index contributed by atoms with van der Waals surface area (Å²) in [6, 6.07) is 3.89. The highest BCUT2D eigenvalue weighted by Gasteiger charge is 2.08. The zero-order valence-corrected chi connectivity index (χ0v) is 11.4. The number of hydrogen-bond acceptors (Lipinski definition) is 3. The van der Waals surface area contributed by atoms with Gasteiger partial charge in [0, 0.05) is 12.0 Å². The molecule has 0 radical (unpaired) electrons. The van der Waals surface area contributed by atoms with E-state index in [2.05, 4.69) is 9.97 Å². The van der Waals surface area contributed by atoms with Gasteiger partial charge in [0.05, 0.1) is 14.9 Å². The van der Waals surface area contributed by atoms with Gasteiger partial charge >= 0.3 is 0 Å². The van der Waals surface area contributed by atoms with E-state index in [4.69, 9.17) is 23.8 Å². The lowest BCUT2D eigenvalue weighted by Gasteiger charge is -2.06. The first-order valence-corrected chi connectivity index (χ1v) is 6.57. The Bertz CT molecular complexity index is 572. The Labute approximate surface area is 108 Å². The molecule has 0 saturated heterocycles. The van der Waals surface area contributed by atoms with Crippen LogP contribution < -0.4 is 0 Å². The number of hydrogen-bond donors (Lipinski definition) is 1. The number of aryl methyl sites for hydroxylation is 1. The molecule has 2 rings (SSSR count). The molecule has 0 atom stereocenters. The zero-order valence-electron chi connectivity index (χ0n) is 9.00. The molecular formula is C11H11ClN2S2. The summed E-state index contributed by atoms with van der Waals surface area (Å²) >= 11 is 12.7. The van der Waals surface area contributed by atoms with Crippen molar-refractivity contribution < 1.29 is 0 Å². The molecule has 0 bridgehead atoms. The minimum Gasteiger partial charge on any atom is -0.342 e. The first-order valence-electron chi connectivity index (χ1n) is 4.97. The van der Waals surface area contributed by atoms with E-state index < -0.39 is 0 Å². The third kappa shape index (κ3) is 2.19. The Morgan fingerprint density at radius 1 is 1.50 bits per heavy atom. The molecule has 2 aromatic heterocycles. The van der Waals surface area contributed by atoms with Gasteiger partial charge in [-0.1, -0.05) is 30.7 Å². The summed E-state index contributed by atoms with van der Waals surface area (Å²) in [6.45, 7) is 4.03. The van der Waals surface area contributed by atoms with Gasteiger partial charge in [-0.05, 0) is 19.1 Å². The molecule has 84 valence electrons. The van der Waals surface area contributed by atoms with E-state index >= 15 is 0 Å². The first kappa shape index (κ1) is 11.8. The summed E-state index contributed by atoms with van der Waals surface area (Å²) in [4.78, 5) is 8.72. The topological polar surface area (TPSA) is 28.7 Å². The van der Waals surface area contributed by atoms with Crippen LogP contribution in [0.4, 0.5) is 0 Å². The molecule has 0 unspecified atom stereocenters. The van der Waals surface area contributed by atoms with Crippen molar-refractivity contribution in [1.82, 2.24) is 9.97 Å². The summed E-state index contributed by atoms with van der Waals surface area (Å²) in [5.74, 6) is 0.912. The lowest BCUT2D eigenvalue weighted by molar-refractivity contribution is 0.927. The quantitative estimate of drug-likeness (QED) is 0.820. The van der Waals surface area contributed by atoms with Crippen LogP contribution in [0.5, 0.6) is 0 Å². The molecule has 0 fully saturated rings. The monoisotopic (exact) mass is 270 g/mol. The van der Waals surface area contributed by atoms with E-state index in [-0.39, 0.29) is 0 Å². The Kier molecular flexibility index (Phi) is 3.42. The fraction of sp³-hybridized carbons (Fsp3) is 0.273. The fourth-order valence-electron chi connectivity index (χ4n) is 1.44. The van der Waals surface area contributed by atoms with Gasteiger partial charge in [0.1, 0.15) is 10.5 Å². The third-order valence-corrected chi connectivity index (χ3v) is 4.00. The molecule has 2 nitrogen and oxygen atoms in total. The van der Waals surface area contributed by atoms with Crippen LogP contribution in [0.1, 0.15) is 18.3 Å². The van der Waals surface area contributed by atoms with E-state index in [9.17, 15) is 0 Å². The molecule has 0 spiro atoms. The van der Waals surface area contributed by atoms with Gasteiger partial charge in [0.25, 0.3) is 0 Å². The maximum absolute atomic E-state index is 5.94. The highest BCUT2D eigenvalue weighted by Crippen LogP contribution is 2.31. The van der Waals surface area contributed by atoms with E-state index in [0.29, 0.717) is 4.64 Å². The first-order chi connectivity index (χ1) is 7.61. The van der Waals surface area contributed by atoms with Crippen LogP contribution in [-0.4, -0.2) is 9.97 Å². The SMILES string of the molecule is CCc1nc(=S)c(C)c(-c2ccc(Cl)s2)[nH]1. The number of H-pyrrole nitrogens is 1. The molecule has 16 heavy (non-hydrogen) atoms. The third-order valence-electron chi connectivity index (χ3n) is 2.36. The molecule has 0 saturated carbocycles. The number of rotatable bonds is 2. The molecule has 0 amide bonds. The number of nitrogens with one attached hydrogen (secondary N) is 1. The number of halogens is 1. The van der Waals surface area contributed by atoms with Crippen molar-refractivity contribution in [2.75, 3.05) is 0 Å². The van der Waals surface area contributed by atoms with Crippen LogP contribution in [-0.2, 0) is 6.42 Å². The van der Waals surface area contributed by atoms with Crippen LogP contribution in [0.25, 0.3) is 10.6 Å². The molecule has 2 heterocycles. The van der Waals surface area contributed by atoms with Crippen LogP contribution >= 0.6 is 35.2 Å². The second-order valence-corrected chi connectivity index (χ2v) is 5.55. The molecule has 0 aliphatic rings. The van der Waals surface area contributed by atoms with Crippen molar-refractivity contribution >= 4 is 35.2 Å². The Balaban J connectivity index is 2.64. The minimum atomic E-state index is 0.662. The molecule has 0 aromatic carbocycles.